The van der Waals surface area contributed by atoms with Gasteiger partial charge >= 0.3 is 0 Å². The highest BCUT2D eigenvalue weighted by Gasteiger charge is 2.09. The van der Waals surface area contributed by atoms with E-state index in [4.69, 9.17) is 0 Å². The monoisotopic (exact) mass is 332 g/mol. The molecule has 0 bridgehead atoms. The molecule has 1 atom stereocenters. The van der Waals surface area contributed by atoms with Crippen LogP contribution in [0.1, 0.15) is 18.5 Å². The van der Waals surface area contributed by atoms with E-state index in [0.29, 0.717) is 0 Å². The summed E-state index contributed by atoms with van der Waals surface area (Å²) in [6.45, 7) is 2.15. The fourth-order valence-corrected chi connectivity index (χ4v) is 3.35. The molecular weight excluding hydrogens is 320 g/mol. The molecule has 0 aliphatic heterocycles. The molecule has 1 N–H and O–H groups in total. The standard InChI is InChI=1S/C15H13BrN2S/c1-10(11-6-8-19-9-11)18-15-13-3-2-4-14(16)12(13)5-7-17-15/h2-10H,1H3,(H,17,18). The van der Waals surface area contributed by atoms with Crippen molar-refractivity contribution in [3.63, 3.8) is 0 Å². The first-order chi connectivity index (χ1) is 9.25. The molecule has 2 nitrogen and oxygen atoms in total. The molecule has 1 unspecified atom stereocenters. The summed E-state index contributed by atoms with van der Waals surface area (Å²) >= 11 is 5.30. The minimum Gasteiger partial charge on any atom is -0.363 e. The molecule has 0 spiro atoms. The number of rotatable bonds is 3. The predicted octanol–water partition coefficient (Wildman–Crippen LogP) is 5.23. The second-order valence-corrected chi connectivity index (χ2v) is 6.05. The molecule has 19 heavy (non-hydrogen) atoms. The molecule has 1 aromatic carbocycles. The van der Waals surface area contributed by atoms with Crippen molar-refractivity contribution in [2.24, 2.45) is 0 Å². The van der Waals surface area contributed by atoms with Gasteiger partial charge < -0.3 is 5.32 Å². The van der Waals surface area contributed by atoms with E-state index in [1.54, 1.807) is 11.3 Å². The van der Waals surface area contributed by atoms with Crippen LogP contribution in [0.5, 0.6) is 0 Å². The van der Waals surface area contributed by atoms with Crippen LogP contribution in [0, 0.1) is 0 Å². The zero-order chi connectivity index (χ0) is 13.2. The predicted molar refractivity (Wildman–Crippen MR) is 85.8 cm³/mol. The topological polar surface area (TPSA) is 24.9 Å². The molecule has 0 fully saturated rings. The second kappa shape index (κ2) is 5.31. The van der Waals surface area contributed by atoms with Gasteiger partial charge in [-0.2, -0.15) is 11.3 Å². The smallest absolute Gasteiger partial charge is 0.134 e. The number of pyridine rings is 1. The molecule has 2 aromatic heterocycles. The quantitative estimate of drug-likeness (QED) is 0.710. The molecule has 4 heteroatoms. The number of fused-ring (bicyclic) bond motifs is 1. The van der Waals surface area contributed by atoms with Gasteiger partial charge in [-0.3, -0.25) is 0 Å². The third-order valence-electron chi connectivity index (χ3n) is 3.15. The van der Waals surface area contributed by atoms with Crippen LogP contribution < -0.4 is 5.32 Å². The largest absolute Gasteiger partial charge is 0.363 e. The molecule has 0 saturated carbocycles. The fraction of sp³-hybridized carbons (Fsp3) is 0.133. The Morgan fingerprint density at radius 3 is 2.89 bits per heavy atom. The Kier molecular flexibility index (Phi) is 3.53. The summed E-state index contributed by atoms with van der Waals surface area (Å²) in [6, 6.07) is 10.6. The van der Waals surface area contributed by atoms with E-state index in [2.05, 4.69) is 62.1 Å². The molecule has 0 radical (unpaired) electrons. The molecule has 3 rings (SSSR count). The highest BCUT2D eigenvalue weighted by atomic mass is 79.9. The number of aromatic nitrogens is 1. The molecule has 3 aromatic rings. The Labute approximate surface area is 124 Å². The summed E-state index contributed by atoms with van der Waals surface area (Å²) in [4.78, 5) is 4.47. The van der Waals surface area contributed by atoms with E-state index in [-0.39, 0.29) is 6.04 Å². The SMILES string of the molecule is CC(Nc1nccc2c(Br)cccc12)c1ccsc1. The van der Waals surface area contributed by atoms with Gasteiger partial charge in [-0.05, 0) is 41.4 Å². The third kappa shape index (κ3) is 2.51. The summed E-state index contributed by atoms with van der Waals surface area (Å²) < 4.78 is 1.10. The Morgan fingerprint density at radius 2 is 2.11 bits per heavy atom. The Balaban J connectivity index is 1.99. The number of anilines is 1. The third-order valence-corrected chi connectivity index (χ3v) is 4.54. The lowest BCUT2D eigenvalue weighted by atomic mass is 10.1. The van der Waals surface area contributed by atoms with Gasteiger partial charge in [-0.1, -0.05) is 28.1 Å². The molecule has 0 saturated heterocycles. The number of hydrogen-bond acceptors (Lipinski definition) is 3. The minimum absolute atomic E-state index is 0.253. The van der Waals surface area contributed by atoms with Gasteiger partial charge in [-0.15, -0.1) is 0 Å². The van der Waals surface area contributed by atoms with Gasteiger partial charge in [0.15, 0.2) is 0 Å². The van der Waals surface area contributed by atoms with Crippen LogP contribution >= 0.6 is 27.3 Å². The van der Waals surface area contributed by atoms with Gasteiger partial charge in [0.1, 0.15) is 5.82 Å². The lowest BCUT2D eigenvalue weighted by molar-refractivity contribution is 0.883. The average Bonchev–Trinajstić information content (AvgIpc) is 2.94. The Bertz CT molecular complexity index is 694. The highest BCUT2D eigenvalue weighted by molar-refractivity contribution is 9.10. The molecule has 0 aliphatic carbocycles. The first-order valence-corrected chi connectivity index (χ1v) is 7.81. The first kappa shape index (κ1) is 12.6. The van der Waals surface area contributed by atoms with Crippen LogP contribution in [0.4, 0.5) is 5.82 Å². The normalized spacial score (nSPS) is 12.5. The number of thiophene rings is 1. The summed E-state index contributed by atoms with van der Waals surface area (Å²) in [5.41, 5.74) is 1.29. The van der Waals surface area contributed by atoms with Crippen molar-refractivity contribution in [3.05, 3.63) is 57.3 Å². The van der Waals surface area contributed by atoms with Crippen LogP contribution in [0.25, 0.3) is 10.8 Å². The van der Waals surface area contributed by atoms with E-state index in [0.717, 1.165) is 15.7 Å². The van der Waals surface area contributed by atoms with Crippen molar-refractivity contribution in [2.75, 3.05) is 5.32 Å². The maximum atomic E-state index is 4.47. The van der Waals surface area contributed by atoms with Crippen LogP contribution in [-0.4, -0.2) is 4.98 Å². The van der Waals surface area contributed by atoms with E-state index in [1.165, 1.54) is 10.9 Å². The van der Waals surface area contributed by atoms with Crippen LogP contribution in [0.2, 0.25) is 0 Å². The first-order valence-electron chi connectivity index (χ1n) is 6.07. The molecule has 0 amide bonds. The molecule has 0 aliphatic rings. The van der Waals surface area contributed by atoms with Crippen molar-refractivity contribution >= 4 is 43.9 Å². The Hall–Kier alpha value is -1.39. The summed E-state index contributed by atoms with van der Waals surface area (Å²) in [7, 11) is 0. The van der Waals surface area contributed by atoms with E-state index < -0.39 is 0 Å². The molecule has 96 valence electrons. The summed E-state index contributed by atoms with van der Waals surface area (Å²) in [6.07, 6.45) is 1.84. The van der Waals surface area contributed by atoms with Gasteiger partial charge in [-0.25, -0.2) is 4.98 Å². The number of hydrogen-bond donors (Lipinski definition) is 1. The lowest BCUT2D eigenvalue weighted by Gasteiger charge is -2.15. The Morgan fingerprint density at radius 1 is 1.21 bits per heavy atom. The average molecular weight is 333 g/mol. The molecular formula is C15H13BrN2S. The maximum absolute atomic E-state index is 4.47. The lowest BCUT2D eigenvalue weighted by Crippen LogP contribution is -2.07. The van der Waals surface area contributed by atoms with Crippen molar-refractivity contribution in [1.29, 1.82) is 0 Å². The van der Waals surface area contributed by atoms with Crippen molar-refractivity contribution in [1.82, 2.24) is 4.98 Å². The van der Waals surface area contributed by atoms with Gasteiger partial charge in [0.2, 0.25) is 0 Å². The zero-order valence-corrected chi connectivity index (χ0v) is 12.8. The summed E-state index contributed by atoms with van der Waals surface area (Å²) in [5, 5.41) is 10.1. The van der Waals surface area contributed by atoms with E-state index in [1.807, 2.05) is 18.3 Å². The minimum atomic E-state index is 0.253. The van der Waals surface area contributed by atoms with E-state index >= 15 is 0 Å². The van der Waals surface area contributed by atoms with Crippen molar-refractivity contribution in [3.8, 4) is 0 Å². The van der Waals surface area contributed by atoms with Crippen LogP contribution in [0.15, 0.2) is 51.8 Å². The highest BCUT2D eigenvalue weighted by Crippen LogP contribution is 2.29. The second-order valence-electron chi connectivity index (χ2n) is 4.42. The fourth-order valence-electron chi connectivity index (χ4n) is 2.09. The number of nitrogens with one attached hydrogen (secondary N) is 1. The molecule has 2 heterocycles. The van der Waals surface area contributed by atoms with Gasteiger partial charge in [0, 0.05) is 21.4 Å². The zero-order valence-electron chi connectivity index (χ0n) is 10.4. The number of benzene rings is 1. The summed E-state index contributed by atoms with van der Waals surface area (Å²) in [5.74, 6) is 0.928. The maximum Gasteiger partial charge on any atom is 0.134 e. The van der Waals surface area contributed by atoms with Crippen molar-refractivity contribution in [2.45, 2.75) is 13.0 Å². The van der Waals surface area contributed by atoms with Gasteiger partial charge in [0.25, 0.3) is 0 Å². The van der Waals surface area contributed by atoms with Crippen LogP contribution in [0.3, 0.4) is 0 Å². The van der Waals surface area contributed by atoms with E-state index in [9.17, 15) is 0 Å². The van der Waals surface area contributed by atoms with Crippen molar-refractivity contribution < 1.29 is 0 Å². The van der Waals surface area contributed by atoms with Crippen LogP contribution in [-0.2, 0) is 0 Å². The van der Waals surface area contributed by atoms with Gasteiger partial charge in [0.05, 0.1) is 6.04 Å². The number of halogens is 1. The number of nitrogens with zero attached hydrogens (tertiary/aromatic N) is 1.